The molecule has 1 aromatic heterocycles. The van der Waals surface area contributed by atoms with E-state index in [0.29, 0.717) is 38.1 Å². The largest absolute Gasteiger partial charge is 0.478 e. The Hall–Kier alpha value is -2.41. The van der Waals surface area contributed by atoms with Crippen molar-refractivity contribution >= 4 is 11.7 Å². The lowest BCUT2D eigenvalue weighted by Crippen LogP contribution is -2.26. The maximum absolute atomic E-state index is 11.3. The zero-order valence-electron chi connectivity index (χ0n) is 14.0. The predicted octanol–water partition coefficient (Wildman–Crippen LogP) is 2.96. The minimum Gasteiger partial charge on any atom is -0.478 e. The molecule has 1 saturated carbocycles. The van der Waals surface area contributed by atoms with E-state index in [4.69, 9.17) is 9.26 Å². The molecular weight excluding hydrogens is 322 g/mol. The number of anilines is 1. The fraction of sp³-hybridized carbons (Fsp3) is 0.500. The summed E-state index contributed by atoms with van der Waals surface area (Å²) < 4.78 is 11.1. The van der Waals surface area contributed by atoms with Crippen LogP contribution in [-0.2, 0) is 17.9 Å². The van der Waals surface area contributed by atoms with Gasteiger partial charge in [0.1, 0.15) is 0 Å². The van der Waals surface area contributed by atoms with E-state index in [9.17, 15) is 9.90 Å². The van der Waals surface area contributed by atoms with Crippen LogP contribution in [0.15, 0.2) is 22.7 Å². The molecule has 0 unspecified atom stereocenters. The summed E-state index contributed by atoms with van der Waals surface area (Å²) in [6, 6.07) is 5.12. The topological polar surface area (TPSA) is 88.7 Å². The number of benzene rings is 1. The number of ether oxygens (including phenoxy) is 1. The first-order chi connectivity index (χ1) is 12.2. The molecule has 0 bridgehead atoms. The van der Waals surface area contributed by atoms with E-state index in [0.717, 1.165) is 29.9 Å². The monoisotopic (exact) mass is 343 g/mol. The molecule has 25 heavy (non-hydrogen) atoms. The van der Waals surface area contributed by atoms with Crippen LogP contribution >= 0.6 is 0 Å². The lowest BCUT2D eigenvalue weighted by Gasteiger charge is -2.22. The number of hydrogen-bond donors (Lipinski definition) is 1. The second-order valence-corrected chi connectivity index (χ2v) is 6.65. The zero-order valence-corrected chi connectivity index (χ0v) is 14.0. The van der Waals surface area contributed by atoms with Gasteiger partial charge in [-0.1, -0.05) is 24.1 Å². The summed E-state index contributed by atoms with van der Waals surface area (Å²) in [5.41, 5.74) is 2.10. The van der Waals surface area contributed by atoms with E-state index in [2.05, 4.69) is 15.0 Å². The molecule has 0 amide bonds. The van der Waals surface area contributed by atoms with Crippen LogP contribution in [0, 0.1) is 0 Å². The molecule has 132 valence electrons. The molecule has 1 aromatic carbocycles. The average Bonchev–Trinajstić information content (AvgIpc) is 3.25. The Morgan fingerprint density at radius 2 is 2.16 bits per heavy atom. The van der Waals surface area contributed by atoms with Crippen molar-refractivity contribution in [1.29, 1.82) is 0 Å². The summed E-state index contributed by atoms with van der Waals surface area (Å²) in [4.78, 5) is 17.9. The fourth-order valence-electron chi connectivity index (χ4n) is 3.60. The van der Waals surface area contributed by atoms with E-state index < -0.39 is 5.97 Å². The molecule has 7 heteroatoms. The smallest absolute Gasteiger partial charge is 0.335 e. The van der Waals surface area contributed by atoms with Gasteiger partial charge in [-0.15, -0.1) is 0 Å². The van der Waals surface area contributed by atoms with Gasteiger partial charge in [0.15, 0.2) is 5.82 Å². The summed E-state index contributed by atoms with van der Waals surface area (Å²) >= 11 is 0. The summed E-state index contributed by atoms with van der Waals surface area (Å²) in [6.07, 6.45) is 4.70. The molecule has 1 aliphatic carbocycles. The average molecular weight is 343 g/mol. The third-order valence-electron chi connectivity index (χ3n) is 4.97. The van der Waals surface area contributed by atoms with Crippen molar-refractivity contribution in [1.82, 2.24) is 10.1 Å². The number of carboxylic acid groups (broad SMARTS) is 1. The highest BCUT2D eigenvalue weighted by Crippen LogP contribution is 2.33. The Balaban J connectivity index is 1.58. The van der Waals surface area contributed by atoms with Crippen molar-refractivity contribution in [3.05, 3.63) is 41.0 Å². The lowest BCUT2D eigenvalue weighted by molar-refractivity contribution is 0.0697. The molecule has 0 atom stereocenters. The molecular formula is C18H21N3O4. The van der Waals surface area contributed by atoms with Gasteiger partial charge in [0, 0.05) is 23.7 Å². The van der Waals surface area contributed by atoms with Crippen LogP contribution in [0.2, 0.25) is 0 Å². The van der Waals surface area contributed by atoms with Crippen molar-refractivity contribution in [2.45, 2.75) is 44.8 Å². The highest BCUT2D eigenvalue weighted by atomic mass is 16.5. The van der Waals surface area contributed by atoms with Gasteiger partial charge in [-0.25, -0.2) is 4.79 Å². The Morgan fingerprint density at radius 3 is 2.96 bits per heavy atom. The number of fused-ring (bicyclic) bond motifs is 1. The van der Waals surface area contributed by atoms with Crippen LogP contribution in [0.3, 0.4) is 0 Å². The van der Waals surface area contributed by atoms with Crippen molar-refractivity contribution in [3.8, 4) is 0 Å². The number of carboxylic acids is 1. The first-order valence-corrected chi connectivity index (χ1v) is 8.72. The van der Waals surface area contributed by atoms with Crippen molar-refractivity contribution < 1.29 is 19.2 Å². The Kier molecular flexibility index (Phi) is 4.40. The molecule has 0 radical (unpaired) electrons. The number of carbonyl (C=O) groups is 1. The maximum Gasteiger partial charge on any atom is 0.335 e. The van der Waals surface area contributed by atoms with Crippen molar-refractivity contribution in [2.75, 3.05) is 18.1 Å². The standard InChI is InChI=1S/C18H21N3O4/c22-18(23)13-5-6-14-11-24-8-7-21(15(14)9-13)10-16-19-17(20-25-16)12-3-1-2-4-12/h5-6,9,12H,1-4,7-8,10-11H2,(H,22,23). The minimum absolute atomic E-state index is 0.267. The van der Waals surface area contributed by atoms with Gasteiger partial charge < -0.3 is 19.3 Å². The normalized spacial score (nSPS) is 18.2. The summed E-state index contributed by atoms with van der Waals surface area (Å²) in [5, 5.41) is 13.4. The van der Waals surface area contributed by atoms with Crippen LogP contribution in [0.1, 0.15) is 59.2 Å². The Bertz CT molecular complexity index is 767. The SMILES string of the molecule is O=C(O)c1ccc2c(c1)N(Cc1nc(C3CCCC3)no1)CCOC2. The summed E-state index contributed by atoms with van der Waals surface area (Å²) in [7, 11) is 0. The summed E-state index contributed by atoms with van der Waals surface area (Å²) in [6.45, 7) is 2.15. The lowest BCUT2D eigenvalue weighted by atomic mass is 10.1. The molecule has 4 rings (SSSR count). The third-order valence-corrected chi connectivity index (χ3v) is 4.97. The molecule has 2 aliphatic rings. The van der Waals surface area contributed by atoms with Crippen molar-refractivity contribution in [2.24, 2.45) is 0 Å². The van der Waals surface area contributed by atoms with E-state index in [1.54, 1.807) is 12.1 Å². The second-order valence-electron chi connectivity index (χ2n) is 6.65. The number of rotatable bonds is 4. The number of aromatic nitrogens is 2. The van der Waals surface area contributed by atoms with E-state index in [-0.39, 0.29) is 5.56 Å². The molecule has 1 fully saturated rings. The Morgan fingerprint density at radius 1 is 1.32 bits per heavy atom. The number of hydrogen-bond acceptors (Lipinski definition) is 6. The highest BCUT2D eigenvalue weighted by Gasteiger charge is 2.24. The van der Waals surface area contributed by atoms with Gasteiger partial charge in [0.2, 0.25) is 5.89 Å². The first-order valence-electron chi connectivity index (χ1n) is 8.72. The molecule has 2 aromatic rings. The molecule has 1 aliphatic heterocycles. The number of aromatic carboxylic acids is 1. The second kappa shape index (κ2) is 6.84. The fourth-order valence-corrected chi connectivity index (χ4v) is 3.60. The van der Waals surface area contributed by atoms with Gasteiger partial charge in [-0.05, 0) is 25.0 Å². The molecule has 2 heterocycles. The van der Waals surface area contributed by atoms with E-state index in [1.165, 1.54) is 12.8 Å². The Labute approximate surface area is 145 Å². The van der Waals surface area contributed by atoms with Gasteiger partial charge >= 0.3 is 5.97 Å². The van der Waals surface area contributed by atoms with Gasteiger partial charge in [0.25, 0.3) is 0 Å². The molecule has 0 spiro atoms. The van der Waals surface area contributed by atoms with Crippen molar-refractivity contribution in [3.63, 3.8) is 0 Å². The number of nitrogens with zero attached hydrogens (tertiary/aromatic N) is 3. The first kappa shape index (κ1) is 16.1. The van der Waals surface area contributed by atoms with E-state index in [1.807, 2.05) is 6.07 Å². The van der Waals surface area contributed by atoms with Crippen LogP contribution in [0.25, 0.3) is 0 Å². The predicted molar refractivity (Wildman–Crippen MR) is 89.6 cm³/mol. The summed E-state index contributed by atoms with van der Waals surface area (Å²) in [5.74, 6) is 0.846. The van der Waals surface area contributed by atoms with Gasteiger partial charge in [0.05, 0.1) is 25.3 Å². The highest BCUT2D eigenvalue weighted by molar-refractivity contribution is 5.89. The van der Waals surface area contributed by atoms with Crippen LogP contribution in [-0.4, -0.2) is 34.4 Å². The van der Waals surface area contributed by atoms with Crippen LogP contribution in [0.5, 0.6) is 0 Å². The van der Waals surface area contributed by atoms with Gasteiger partial charge in [-0.3, -0.25) is 0 Å². The van der Waals surface area contributed by atoms with Crippen LogP contribution in [0.4, 0.5) is 5.69 Å². The zero-order chi connectivity index (χ0) is 17.2. The third kappa shape index (κ3) is 3.37. The molecule has 0 saturated heterocycles. The molecule has 1 N–H and O–H groups in total. The quantitative estimate of drug-likeness (QED) is 0.913. The van der Waals surface area contributed by atoms with Crippen LogP contribution < -0.4 is 4.90 Å². The van der Waals surface area contributed by atoms with E-state index >= 15 is 0 Å². The maximum atomic E-state index is 11.3. The minimum atomic E-state index is -0.936. The molecule has 7 nitrogen and oxygen atoms in total. The van der Waals surface area contributed by atoms with Gasteiger partial charge in [-0.2, -0.15) is 4.98 Å².